The van der Waals surface area contributed by atoms with E-state index in [4.69, 9.17) is 16.3 Å². The minimum atomic E-state index is -0.703. The van der Waals surface area contributed by atoms with Crippen LogP contribution in [0.4, 0.5) is 10.1 Å². The summed E-state index contributed by atoms with van der Waals surface area (Å²) < 4.78 is 19.1. The first-order chi connectivity index (χ1) is 11.9. The lowest BCUT2D eigenvalue weighted by Gasteiger charge is -2.11. The van der Waals surface area contributed by atoms with Crippen molar-refractivity contribution in [3.05, 3.63) is 64.4 Å². The third-order valence-electron chi connectivity index (χ3n) is 3.12. The maximum Gasteiger partial charge on any atom is 0.266 e. The zero-order valence-corrected chi connectivity index (χ0v) is 14.5. The fourth-order valence-corrected chi connectivity index (χ4v) is 2.26. The molecule has 6 heteroatoms. The Morgan fingerprint density at radius 1 is 1.32 bits per heavy atom. The van der Waals surface area contributed by atoms with Gasteiger partial charge < -0.3 is 10.1 Å². The summed E-state index contributed by atoms with van der Waals surface area (Å²) >= 11 is 6.14. The van der Waals surface area contributed by atoms with Crippen LogP contribution in [0.2, 0.25) is 5.02 Å². The van der Waals surface area contributed by atoms with Crippen molar-refractivity contribution in [2.75, 3.05) is 5.32 Å². The van der Waals surface area contributed by atoms with Crippen LogP contribution in [0.15, 0.2) is 48.0 Å². The standard InChI is InChI=1S/C19H16ClFN2O2/c1-12(2)25-18-8-7-13(10-15(18)20)9-14(11-22)19(24)23-17-6-4-3-5-16(17)21/h3-10,12H,1-2H3,(H,23,24)/b14-9+. The van der Waals surface area contributed by atoms with Gasteiger partial charge in [-0.2, -0.15) is 5.26 Å². The molecule has 2 aromatic rings. The molecule has 1 N–H and O–H groups in total. The Labute approximate surface area is 150 Å². The number of para-hydroxylation sites is 1. The van der Waals surface area contributed by atoms with Gasteiger partial charge in [0, 0.05) is 0 Å². The number of hydrogen-bond donors (Lipinski definition) is 1. The number of nitriles is 1. The fraction of sp³-hybridized carbons (Fsp3) is 0.158. The molecule has 0 aliphatic heterocycles. The quantitative estimate of drug-likeness (QED) is 0.616. The van der Waals surface area contributed by atoms with Crippen molar-refractivity contribution in [3.63, 3.8) is 0 Å². The second-order valence-corrected chi connectivity index (χ2v) is 5.87. The number of nitrogens with one attached hydrogen (secondary N) is 1. The predicted octanol–water partition coefficient (Wildman–Crippen LogP) is 4.81. The lowest BCUT2D eigenvalue weighted by Crippen LogP contribution is -2.14. The van der Waals surface area contributed by atoms with Gasteiger partial charge in [-0.05, 0) is 49.8 Å². The Balaban J connectivity index is 2.22. The van der Waals surface area contributed by atoms with Crippen LogP contribution in [0.25, 0.3) is 6.08 Å². The number of carbonyl (C=O) groups is 1. The van der Waals surface area contributed by atoms with Crippen LogP contribution >= 0.6 is 11.6 Å². The number of halogens is 2. The zero-order chi connectivity index (χ0) is 18.4. The average molecular weight is 359 g/mol. The van der Waals surface area contributed by atoms with Gasteiger partial charge in [-0.25, -0.2) is 4.39 Å². The van der Waals surface area contributed by atoms with Crippen molar-refractivity contribution in [2.45, 2.75) is 20.0 Å². The topological polar surface area (TPSA) is 62.1 Å². The van der Waals surface area contributed by atoms with E-state index in [0.717, 1.165) is 0 Å². The molecular weight excluding hydrogens is 343 g/mol. The summed E-state index contributed by atoms with van der Waals surface area (Å²) in [5.41, 5.74) is 0.394. The van der Waals surface area contributed by atoms with E-state index in [0.29, 0.717) is 16.3 Å². The number of nitrogens with zero attached hydrogens (tertiary/aromatic N) is 1. The fourth-order valence-electron chi connectivity index (χ4n) is 2.02. The van der Waals surface area contributed by atoms with Crippen molar-refractivity contribution >= 4 is 29.3 Å². The van der Waals surface area contributed by atoms with Gasteiger partial charge in [-0.3, -0.25) is 4.79 Å². The number of rotatable bonds is 5. The van der Waals surface area contributed by atoms with Crippen LogP contribution in [-0.4, -0.2) is 12.0 Å². The molecule has 0 spiro atoms. The Morgan fingerprint density at radius 2 is 2.04 bits per heavy atom. The summed E-state index contributed by atoms with van der Waals surface area (Å²) in [5, 5.41) is 12.0. The first kappa shape index (κ1) is 18.5. The van der Waals surface area contributed by atoms with Crippen LogP contribution in [0.1, 0.15) is 19.4 Å². The molecule has 2 rings (SSSR count). The average Bonchev–Trinajstić information content (AvgIpc) is 2.56. The Hall–Kier alpha value is -2.84. The Morgan fingerprint density at radius 3 is 2.64 bits per heavy atom. The predicted molar refractivity (Wildman–Crippen MR) is 95.8 cm³/mol. The molecule has 0 unspecified atom stereocenters. The van der Waals surface area contributed by atoms with E-state index < -0.39 is 11.7 Å². The van der Waals surface area contributed by atoms with Crippen molar-refractivity contribution in [3.8, 4) is 11.8 Å². The molecule has 0 bridgehead atoms. The summed E-state index contributed by atoms with van der Waals surface area (Å²) in [6.45, 7) is 3.76. The Kier molecular flexibility index (Phi) is 6.15. The SMILES string of the molecule is CC(C)Oc1ccc(/C=C(\C#N)C(=O)Nc2ccccc2F)cc1Cl. The summed E-state index contributed by atoms with van der Waals surface area (Å²) in [7, 11) is 0. The molecule has 0 saturated carbocycles. The molecule has 1 amide bonds. The third-order valence-corrected chi connectivity index (χ3v) is 3.41. The molecule has 0 aliphatic rings. The van der Waals surface area contributed by atoms with Crippen LogP contribution in [0.5, 0.6) is 5.75 Å². The summed E-state index contributed by atoms with van der Waals surface area (Å²) in [6, 6.07) is 12.5. The molecule has 0 fully saturated rings. The van der Waals surface area contributed by atoms with E-state index in [9.17, 15) is 14.4 Å². The second-order valence-electron chi connectivity index (χ2n) is 5.46. The highest BCUT2D eigenvalue weighted by Crippen LogP contribution is 2.27. The van der Waals surface area contributed by atoms with E-state index in [1.165, 1.54) is 24.3 Å². The van der Waals surface area contributed by atoms with Crippen LogP contribution < -0.4 is 10.1 Å². The maximum absolute atomic E-state index is 13.6. The summed E-state index contributed by atoms with van der Waals surface area (Å²) in [4.78, 5) is 12.2. The van der Waals surface area contributed by atoms with E-state index in [1.54, 1.807) is 24.3 Å². The summed E-state index contributed by atoms with van der Waals surface area (Å²) in [5.74, 6) is -0.763. The Bertz CT molecular complexity index is 857. The molecule has 4 nitrogen and oxygen atoms in total. The van der Waals surface area contributed by atoms with Crippen LogP contribution in [0, 0.1) is 17.1 Å². The van der Waals surface area contributed by atoms with Gasteiger partial charge in [-0.1, -0.05) is 29.8 Å². The van der Waals surface area contributed by atoms with Gasteiger partial charge in [0.1, 0.15) is 23.2 Å². The summed E-state index contributed by atoms with van der Waals surface area (Å²) in [6.07, 6.45) is 1.35. The maximum atomic E-state index is 13.6. The van der Waals surface area contributed by atoms with Gasteiger partial charge in [0.25, 0.3) is 5.91 Å². The minimum Gasteiger partial charge on any atom is -0.489 e. The van der Waals surface area contributed by atoms with Crippen molar-refractivity contribution in [1.29, 1.82) is 5.26 Å². The molecule has 25 heavy (non-hydrogen) atoms. The molecule has 128 valence electrons. The molecule has 0 saturated heterocycles. The zero-order valence-electron chi connectivity index (χ0n) is 13.7. The van der Waals surface area contributed by atoms with Gasteiger partial charge >= 0.3 is 0 Å². The smallest absolute Gasteiger partial charge is 0.266 e. The first-order valence-corrected chi connectivity index (χ1v) is 7.92. The third kappa shape index (κ3) is 5.07. The van der Waals surface area contributed by atoms with Crippen LogP contribution in [-0.2, 0) is 4.79 Å². The highest BCUT2D eigenvalue weighted by Gasteiger charge is 2.12. The largest absolute Gasteiger partial charge is 0.489 e. The van der Waals surface area contributed by atoms with E-state index >= 15 is 0 Å². The highest BCUT2D eigenvalue weighted by atomic mass is 35.5. The van der Waals surface area contributed by atoms with Gasteiger partial charge in [0.15, 0.2) is 0 Å². The molecule has 0 atom stereocenters. The second kappa shape index (κ2) is 8.32. The number of anilines is 1. The molecule has 0 heterocycles. The number of hydrogen-bond acceptors (Lipinski definition) is 3. The number of amides is 1. The number of benzene rings is 2. The normalized spacial score (nSPS) is 11.1. The molecule has 0 aromatic heterocycles. The lowest BCUT2D eigenvalue weighted by atomic mass is 10.1. The molecule has 0 radical (unpaired) electrons. The van der Waals surface area contributed by atoms with E-state index in [2.05, 4.69) is 5.32 Å². The van der Waals surface area contributed by atoms with E-state index in [1.807, 2.05) is 19.9 Å². The van der Waals surface area contributed by atoms with Gasteiger partial charge in [0.2, 0.25) is 0 Å². The van der Waals surface area contributed by atoms with Crippen molar-refractivity contribution < 1.29 is 13.9 Å². The molecule has 2 aromatic carbocycles. The highest BCUT2D eigenvalue weighted by molar-refractivity contribution is 6.32. The van der Waals surface area contributed by atoms with Gasteiger partial charge in [-0.15, -0.1) is 0 Å². The van der Waals surface area contributed by atoms with E-state index in [-0.39, 0.29) is 17.4 Å². The number of carbonyl (C=O) groups excluding carboxylic acids is 1. The monoisotopic (exact) mass is 358 g/mol. The van der Waals surface area contributed by atoms with Gasteiger partial charge in [0.05, 0.1) is 16.8 Å². The van der Waals surface area contributed by atoms with Crippen molar-refractivity contribution in [1.82, 2.24) is 0 Å². The van der Waals surface area contributed by atoms with Crippen LogP contribution in [0.3, 0.4) is 0 Å². The minimum absolute atomic E-state index is 0.00682. The van der Waals surface area contributed by atoms with Crippen molar-refractivity contribution in [2.24, 2.45) is 0 Å². The first-order valence-electron chi connectivity index (χ1n) is 7.54. The lowest BCUT2D eigenvalue weighted by molar-refractivity contribution is -0.112. The molecule has 0 aliphatic carbocycles. The molecular formula is C19H16ClFN2O2. The number of ether oxygens (including phenoxy) is 1.